The second-order valence-corrected chi connectivity index (χ2v) is 7.37. The zero-order valence-corrected chi connectivity index (χ0v) is 14.7. The molecule has 1 fully saturated rings. The fourth-order valence-electron chi connectivity index (χ4n) is 2.91. The van der Waals surface area contributed by atoms with Gasteiger partial charge in [0.2, 0.25) is 0 Å². The first kappa shape index (κ1) is 17.8. The lowest BCUT2D eigenvalue weighted by atomic mass is 9.96. The fraction of sp³-hybridized carbons (Fsp3) is 0.556. The minimum atomic E-state index is -0.546. The molecular formula is C18H24ClNO3. The molecule has 0 radical (unpaired) electrons. The van der Waals surface area contributed by atoms with Gasteiger partial charge in [-0.25, -0.2) is 4.79 Å². The van der Waals surface area contributed by atoms with Gasteiger partial charge in [0.05, 0.1) is 6.04 Å². The van der Waals surface area contributed by atoms with Gasteiger partial charge in [-0.2, -0.15) is 0 Å². The second-order valence-electron chi connectivity index (χ2n) is 6.93. The van der Waals surface area contributed by atoms with Crippen LogP contribution in [-0.4, -0.2) is 29.4 Å². The third kappa shape index (κ3) is 4.71. The number of halogens is 1. The van der Waals surface area contributed by atoms with Crippen molar-refractivity contribution < 1.29 is 14.3 Å². The van der Waals surface area contributed by atoms with Crippen molar-refractivity contribution in [3.05, 3.63) is 34.3 Å². The Morgan fingerprint density at radius 1 is 1.30 bits per heavy atom. The number of amides is 1. The Balaban J connectivity index is 2.37. The van der Waals surface area contributed by atoms with Gasteiger partial charge in [0.1, 0.15) is 11.9 Å². The third-order valence-electron chi connectivity index (χ3n) is 3.92. The predicted molar refractivity (Wildman–Crippen MR) is 91.0 cm³/mol. The van der Waals surface area contributed by atoms with Crippen LogP contribution in [0, 0.1) is 0 Å². The molecular weight excluding hydrogens is 314 g/mol. The van der Waals surface area contributed by atoms with Crippen LogP contribution in [0.4, 0.5) is 4.79 Å². The molecule has 0 aromatic heterocycles. The number of carbonyl (C=O) groups is 2. The quantitative estimate of drug-likeness (QED) is 0.713. The van der Waals surface area contributed by atoms with Crippen molar-refractivity contribution in [1.82, 2.24) is 4.90 Å². The smallest absolute Gasteiger partial charge is 0.410 e. The Kier molecular flexibility index (Phi) is 5.69. The Bertz CT molecular complexity index is 580. The van der Waals surface area contributed by atoms with E-state index in [-0.39, 0.29) is 12.1 Å². The van der Waals surface area contributed by atoms with Crippen molar-refractivity contribution in [2.24, 2.45) is 0 Å². The zero-order valence-electron chi connectivity index (χ0n) is 14.0. The topological polar surface area (TPSA) is 46.6 Å². The summed E-state index contributed by atoms with van der Waals surface area (Å²) in [5.74, 6) is 0. The number of carbonyl (C=O) groups excluding carboxylic acids is 2. The lowest BCUT2D eigenvalue weighted by molar-refractivity contribution is 0.0162. The average molecular weight is 338 g/mol. The Morgan fingerprint density at radius 2 is 2.04 bits per heavy atom. The van der Waals surface area contributed by atoms with Crippen molar-refractivity contribution in [3.63, 3.8) is 0 Å². The van der Waals surface area contributed by atoms with Gasteiger partial charge in [-0.05, 0) is 57.4 Å². The summed E-state index contributed by atoms with van der Waals surface area (Å²) in [6, 6.07) is 5.02. The summed E-state index contributed by atoms with van der Waals surface area (Å²) < 4.78 is 5.55. The van der Waals surface area contributed by atoms with Crippen molar-refractivity contribution in [2.75, 3.05) is 6.54 Å². The highest BCUT2D eigenvalue weighted by Crippen LogP contribution is 2.34. The van der Waals surface area contributed by atoms with Gasteiger partial charge in [0.15, 0.2) is 0 Å². The van der Waals surface area contributed by atoms with Crippen molar-refractivity contribution >= 4 is 24.0 Å². The lowest BCUT2D eigenvalue weighted by Gasteiger charge is -2.33. The van der Waals surface area contributed by atoms with Crippen LogP contribution >= 0.6 is 11.6 Å². The Morgan fingerprint density at radius 3 is 2.70 bits per heavy atom. The molecule has 1 aliphatic rings. The normalized spacial score (nSPS) is 19.1. The van der Waals surface area contributed by atoms with E-state index in [0.717, 1.165) is 37.5 Å². The molecule has 1 saturated heterocycles. The maximum absolute atomic E-state index is 12.6. The van der Waals surface area contributed by atoms with Crippen LogP contribution in [0.1, 0.15) is 68.4 Å². The largest absolute Gasteiger partial charge is 0.444 e. The molecule has 0 bridgehead atoms. The number of rotatable bonds is 2. The summed E-state index contributed by atoms with van der Waals surface area (Å²) in [7, 11) is 0. The number of nitrogens with zero attached hydrogens (tertiary/aromatic N) is 1. The number of ether oxygens (including phenoxy) is 1. The molecule has 2 rings (SSSR count). The molecule has 126 valence electrons. The van der Waals surface area contributed by atoms with E-state index in [1.54, 1.807) is 23.1 Å². The number of aldehydes is 1. The fourth-order valence-corrected chi connectivity index (χ4v) is 3.09. The van der Waals surface area contributed by atoms with Crippen molar-refractivity contribution in [3.8, 4) is 0 Å². The highest BCUT2D eigenvalue weighted by Gasteiger charge is 2.31. The molecule has 1 amide bonds. The molecule has 1 atom stereocenters. The maximum atomic E-state index is 12.6. The van der Waals surface area contributed by atoms with Gasteiger partial charge < -0.3 is 9.64 Å². The van der Waals surface area contributed by atoms with Gasteiger partial charge in [0.25, 0.3) is 0 Å². The van der Waals surface area contributed by atoms with E-state index < -0.39 is 5.60 Å². The number of benzene rings is 1. The molecule has 5 heteroatoms. The van der Waals surface area contributed by atoms with Gasteiger partial charge in [0, 0.05) is 17.1 Å². The lowest BCUT2D eigenvalue weighted by Crippen LogP contribution is -2.39. The van der Waals surface area contributed by atoms with Gasteiger partial charge in [-0.15, -0.1) is 0 Å². The first-order chi connectivity index (χ1) is 10.8. The van der Waals surface area contributed by atoms with E-state index >= 15 is 0 Å². The molecule has 0 spiro atoms. The molecule has 0 saturated carbocycles. The van der Waals surface area contributed by atoms with Crippen LogP contribution in [0.15, 0.2) is 18.2 Å². The van der Waals surface area contributed by atoms with Gasteiger partial charge in [-0.3, -0.25) is 4.79 Å². The van der Waals surface area contributed by atoms with Crippen LogP contribution in [0.25, 0.3) is 0 Å². The molecule has 1 aromatic rings. The van der Waals surface area contributed by atoms with Crippen molar-refractivity contribution in [1.29, 1.82) is 0 Å². The van der Waals surface area contributed by atoms with Gasteiger partial charge >= 0.3 is 6.09 Å². The predicted octanol–water partition coefficient (Wildman–Crippen LogP) is 5.00. The zero-order chi connectivity index (χ0) is 17.0. The summed E-state index contributed by atoms with van der Waals surface area (Å²) in [6.07, 6.45) is 4.31. The average Bonchev–Trinajstić information content (AvgIpc) is 2.71. The van der Waals surface area contributed by atoms with E-state index in [4.69, 9.17) is 16.3 Å². The number of hydrogen-bond donors (Lipinski definition) is 0. The highest BCUT2D eigenvalue weighted by molar-refractivity contribution is 6.30. The third-order valence-corrected chi connectivity index (χ3v) is 4.15. The van der Waals surface area contributed by atoms with Crippen molar-refractivity contribution in [2.45, 2.75) is 58.1 Å². The first-order valence-corrected chi connectivity index (χ1v) is 8.44. The summed E-state index contributed by atoms with van der Waals surface area (Å²) >= 11 is 6.12. The Labute approximate surface area is 142 Å². The molecule has 23 heavy (non-hydrogen) atoms. The first-order valence-electron chi connectivity index (χ1n) is 8.06. The second kappa shape index (κ2) is 7.35. The van der Waals surface area contributed by atoms with Crippen LogP contribution in [0.2, 0.25) is 5.02 Å². The van der Waals surface area contributed by atoms with E-state index in [0.29, 0.717) is 17.1 Å². The summed E-state index contributed by atoms with van der Waals surface area (Å²) in [5, 5.41) is 0.569. The van der Waals surface area contributed by atoms with Crippen LogP contribution in [-0.2, 0) is 4.74 Å². The van der Waals surface area contributed by atoms with Crippen LogP contribution in [0.5, 0.6) is 0 Å². The van der Waals surface area contributed by atoms with E-state index in [1.165, 1.54) is 0 Å². The molecule has 1 aliphatic heterocycles. The maximum Gasteiger partial charge on any atom is 0.410 e. The van der Waals surface area contributed by atoms with Crippen LogP contribution in [0.3, 0.4) is 0 Å². The molecule has 1 unspecified atom stereocenters. The molecule has 0 aliphatic carbocycles. The molecule has 1 heterocycles. The summed E-state index contributed by atoms with van der Waals surface area (Å²) in [6.45, 7) is 6.19. The molecule has 1 aromatic carbocycles. The summed E-state index contributed by atoms with van der Waals surface area (Å²) in [4.78, 5) is 25.8. The monoisotopic (exact) mass is 337 g/mol. The SMILES string of the molecule is CC(C)(C)OC(=O)N1CCCCCC1c1cc(Cl)ccc1C=O. The summed E-state index contributed by atoms with van der Waals surface area (Å²) in [5.41, 5.74) is 0.838. The van der Waals surface area contributed by atoms with E-state index in [2.05, 4.69) is 0 Å². The minimum Gasteiger partial charge on any atom is -0.444 e. The molecule has 0 N–H and O–H groups in total. The number of likely N-dealkylation sites (tertiary alicyclic amines) is 1. The Hall–Kier alpha value is -1.55. The van der Waals surface area contributed by atoms with E-state index in [9.17, 15) is 9.59 Å². The van der Waals surface area contributed by atoms with Gasteiger partial charge in [-0.1, -0.05) is 24.4 Å². The number of hydrogen-bond acceptors (Lipinski definition) is 3. The highest BCUT2D eigenvalue weighted by atomic mass is 35.5. The van der Waals surface area contributed by atoms with E-state index in [1.807, 2.05) is 20.8 Å². The van der Waals surface area contributed by atoms with Crippen LogP contribution < -0.4 is 0 Å². The standard InChI is InChI=1S/C18H24ClNO3/c1-18(2,3)23-17(22)20-10-6-4-5-7-16(20)15-11-14(19)9-8-13(15)12-21/h8-9,11-12,16H,4-7,10H2,1-3H3. The minimum absolute atomic E-state index is 0.175. The molecule has 4 nitrogen and oxygen atoms in total.